The zero-order valence-corrected chi connectivity index (χ0v) is 12.8. The van der Waals surface area contributed by atoms with E-state index in [1.54, 1.807) is 0 Å². The van der Waals surface area contributed by atoms with Gasteiger partial charge in [0.25, 0.3) is 0 Å². The molecule has 7 nitrogen and oxygen atoms in total. The molecule has 3 rings (SSSR count). The first-order valence-corrected chi connectivity index (χ1v) is 8.59. The van der Waals surface area contributed by atoms with Crippen molar-refractivity contribution >= 4 is 17.7 Å². The first-order chi connectivity index (χ1) is 10.3. The highest BCUT2D eigenvalue weighted by Crippen LogP contribution is 2.36. The Morgan fingerprint density at radius 1 is 1.29 bits per heavy atom. The van der Waals surface area contributed by atoms with Gasteiger partial charge in [-0.2, -0.15) is 0 Å². The smallest absolute Gasteiger partial charge is 0.233 e. The lowest BCUT2D eigenvalue weighted by atomic mass is 10.1. The number of aliphatic hydroxyl groups excluding tert-OH is 1. The van der Waals surface area contributed by atoms with Gasteiger partial charge in [0.1, 0.15) is 0 Å². The molecule has 1 unspecified atom stereocenters. The van der Waals surface area contributed by atoms with E-state index in [0.717, 1.165) is 50.2 Å². The Hall–Kier alpha value is -1.15. The minimum absolute atomic E-state index is 0.0278. The van der Waals surface area contributed by atoms with Gasteiger partial charge in [-0.15, -0.1) is 5.10 Å². The van der Waals surface area contributed by atoms with Crippen molar-refractivity contribution < 1.29 is 9.90 Å². The van der Waals surface area contributed by atoms with Crippen LogP contribution in [0.15, 0.2) is 5.16 Å². The minimum Gasteiger partial charge on any atom is -0.394 e. The van der Waals surface area contributed by atoms with E-state index in [1.165, 1.54) is 11.8 Å². The number of carbonyl (C=O) groups is 1. The van der Waals surface area contributed by atoms with Crippen molar-refractivity contribution in [2.45, 2.75) is 55.8 Å². The predicted octanol–water partition coefficient (Wildman–Crippen LogP) is 0.864. The van der Waals surface area contributed by atoms with Crippen molar-refractivity contribution in [2.75, 3.05) is 18.9 Å². The Kier molecular flexibility index (Phi) is 4.74. The summed E-state index contributed by atoms with van der Waals surface area (Å²) in [4.78, 5) is 14.3. The molecule has 1 aliphatic carbocycles. The van der Waals surface area contributed by atoms with E-state index in [4.69, 9.17) is 0 Å². The predicted molar refractivity (Wildman–Crippen MR) is 77.9 cm³/mol. The Morgan fingerprint density at radius 3 is 2.90 bits per heavy atom. The molecule has 2 fully saturated rings. The summed E-state index contributed by atoms with van der Waals surface area (Å²) in [5, 5.41) is 21.9. The van der Waals surface area contributed by atoms with Crippen molar-refractivity contribution in [3.63, 3.8) is 0 Å². The van der Waals surface area contributed by atoms with Gasteiger partial charge in [0.15, 0.2) is 0 Å². The maximum Gasteiger partial charge on any atom is 0.233 e. The third kappa shape index (κ3) is 3.55. The molecule has 0 aromatic carbocycles. The van der Waals surface area contributed by atoms with E-state index in [0.29, 0.717) is 11.8 Å². The van der Waals surface area contributed by atoms with Crippen LogP contribution in [-0.2, 0) is 4.79 Å². The Bertz CT molecular complexity index is 491. The van der Waals surface area contributed by atoms with Crippen LogP contribution in [0, 0.1) is 0 Å². The van der Waals surface area contributed by atoms with Crippen LogP contribution in [-0.4, -0.2) is 61.1 Å². The minimum atomic E-state index is -0.0278. The molecule has 1 saturated heterocycles. The molecule has 1 aromatic heterocycles. The van der Waals surface area contributed by atoms with Crippen LogP contribution in [0.4, 0.5) is 0 Å². The molecule has 2 aliphatic rings. The SMILES string of the molecule is O=C(CSc1nnnn1C1CC1)N1CCCCCC1CO. The molecular weight excluding hydrogens is 290 g/mol. The second kappa shape index (κ2) is 6.74. The molecular formula is C13H21N5O2S. The molecule has 1 amide bonds. The number of tetrazole rings is 1. The number of hydrogen-bond donors (Lipinski definition) is 1. The van der Waals surface area contributed by atoms with E-state index in [2.05, 4.69) is 15.5 Å². The van der Waals surface area contributed by atoms with Gasteiger partial charge < -0.3 is 10.0 Å². The molecule has 1 N–H and O–H groups in total. The lowest BCUT2D eigenvalue weighted by Gasteiger charge is -2.28. The van der Waals surface area contributed by atoms with Crippen LogP contribution in [0.1, 0.15) is 44.6 Å². The van der Waals surface area contributed by atoms with Gasteiger partial charge in [-0.25, -0.2) is 4.68 Å². The molecule has 0 bridgehead atoms. The van der Waals surface area contributed by atoms with E-state index in [-0.39, 0.29) is 18.6 Å². The second-order valence-electron chi connectivity index (χ2n) is 5.70. The summed E-state index contributed by atoms with van der Waals surface area (Å²) < 4.78 is 1.82. The highest BCUT2D eigenvalue weighted by molar-refractivity contribution is 7.99. The summed E-state index contributed by atoms with van der Waals surface area (Å²) in [5.74, 6) is 0.412. The van der Waals surface area contributed by atoms with Crippen LogP contribution in [0.5, 0.6) is 0 Å². The number of rotatable bonds is 5. The van der Waals surface area contributed by atoms with Gasteiger partial charge in [-0.05, 0) is 36.1 Å². The van der Waals surface area contributed by atoms with Crippen LogP contribution >= 0.6 is 11.8 Å². The molecule has 1 saturated carbocycles. The summed E-state index contributed by atoms with van der Waals surface area (Å²) in [6.07, 6.45) is 6.37. The number of nitrogens with zero attached hydrogens (tertiary/aromatic N) is 5. The molecule has 1 atom stereocenters. The van der Waals surface area contributed by atoms with Gasteiger partial charge in [0.2, 0.25) is 11.1 Å². The summed E-state index contributed by atoms with van der Waals surface area (Å²) in [5.41, 5.74) is 0. The van der Waals surface area contributed by atoms with Crippen molar-refractivity contribution in [3.8, 4) is 0 Å². The maximum absolute atomic E-state index is 12.4. The van der Waals surface area contributed by atoms with E-state index < -0.39 is 0 Å². The number of thioether (sulfide) groups is 1. The Morgan fingerprint density at radius 2 is 2.14 bits per heavy atom. The first-order valence-electron chi connectivity index (χ1n) is 7.60. The fourth-order valence-corrected chi connectivity index (χ4v) is 3.56. The summed E-state index contributed by atoms with van der Waals surface area (Å²) in [6.45, 7) is 0.800. The van der Waals surface area contributed by atoms with Crippen LogP contribution in [0.2, 0.25) is 0 Å². The van der Waals surface area contributed by atoms with Gasteiger partial charge >= 0.3 is 0 Å². The largest absolute Gasteiger partial charge is 0.394 e. The third-order valence-corrected chi connectivity index (χ3v) is 5.01. The highest BCUT2D eigenvalue weighted by atomic mass is 32.2. The third-order valence-electron chi connectivity index (χ3n) is 4.09. The summed E-state index contributed by atoms with van der Waals surface area (Å²) in [6, 6.07) is 0.390. The van der Waals surface area contributed by atoms with Gasteiger partial charge in [0.05, 0.1) is 24.4 Å². The number of carbonyl (C=O) groups excluding carboxylic acids is 1. The van der Waals surface area contributed by atoms with Crippen molar-refractivity contribution in [2.24, 2.45) is 0 Å². The molecule has 2 heterocycles. The van der Waals surface area contributed by atoms with Crippen molar-refractivity contribution in [1.29, 1.82) is 0 Å². The summed E-state index contributed by atoms with van der Waals surface area (Å²) in [7, 11) is 0. The number of amides is 1. The fraction of sp³-hybridized carbons (Fsp3) is 0.846. The fourth-order valence-electron chi connectivity index (χ4n) is 2.73. The lowest BCUT2D eigenvalue weighted by Crippen LogP contribution is -2.43. The average Bonchev–Trinajstić information content (AvgIpc) is 3.28. The van der Waals surface area contributed by atoms with E-state index in [9.17, 15) is 9.90 Å². The molecule has 1 aromatic rings. The first kappa shape index (κ1) is 14.8. The normalized spacial score (nSPS) is 23.1. The second-order valence-corrected chi connectivity index (χ2v) is 6.64. The zero-order chi connectivity index (χ0) is 14.7. The maximum atomic E-state index is 12.4. The highest BCUT2D eigenvalue weighted by Gasteiger charge is 2.29. The zero-order valence-electron chi connectivity index (χ0n) is 12.0. The molecule has 21 heavy (non-hydrogen) atoms. The molecule has 8 heteroatoms. The Labute approximate surface area is 128 Å². The van der Waals surface area contributed by atoms with Crippen LogP contribution < -0.4 is 0 Å². The lowest BCUT2D eigenvalue weighted by molar-refractivity contribution is -0.131. The van der Waals surface area contributed by atoms with E-state index in [1.807, 2.05) is 9.58 Å². The van der Waals surface area contributed by atoms with Gasteiger partial charge in [0, 0.05) is 6.54 Å². The topological polar surface area (TPSA) is 84.1 Å². The van der Waals surface area contributed by atoms with Gasteiger partial charge in [-0.3, -0.25) is 4.79 Å². The van der Waals surface area contributed by atoms with Crippen molar-refractivity contribution in [1.82, 2.24) is 25.1 Å². The monoisotopic (exact) mass is 311 g/mol. The van der Waals surface area contributed by atoms with Gasteiger partial charge in [-0.1, -0.05) is 24.6 Å². The number of aromatic nitrogens is 4. The van der Waals surface area contributed by atoms with Crippen LogP contribution in [0.25, 0.3) is 0 Å². The van der Waals surface area contributed by atoms with Crippen LogP contribution in [0.3, 0.4) is 0 Å². The standard InChI is InChI=1S/C13H21N5O2S/c19-8-11-4-2-1-3-7-17(11)12(20)9-21-13-14-15-16-18(13)10-5-6-10/h10-11,19H,1-9H2. The van der Waals surface area contributed by atoms with Crippen molar-refractivity contribution in [3.05, 3.63) is 0 Å². The molecule has 1 aliphatic heterocycles. The summed E-state index contributed by atoms with van der Waals surface area (Å²) >= 11 is 1.40. The quantitative estimate of drug-likeness (QED) is 0.812. The molecule has 0 spiro atoms. The Balaban J connectivity index is 1.58. The number of hydrogen-bond acceptors (Lipinski definition) is 6. The molecule has 116 valence electrons. The number of aliphatic hydroxyl groups is 1. The number of likely N-dealkylation sites (tertiary alicyclic amines) is 1. The van der Waals surface area contributed by atoms with E-state index >= 15 is 0 Å². The average molecular weight is 311 g/mol. The molecule has 0 radical (unpaired) electrons.